The topological polar surface area (TPSA) is 68.5 Å². The average Bonchev–Trinajstić information content (AvgIpc) is 2.55. The highest BCUT2D eigenvalue weighted by Crippen LogP contribution is 2.22. The highest BCUT2D eigenvalue weighted by atomic mass is 35.5. The third-order valence-electron chi connectivity index (χ3n) is 3.50. The number of amides is 1. The van der Waals surface area contributed by atoms with Gasteiger partial charge >= 0.3 is 5.63 Å². The Morgan fingerprint density at radius 3 is 2.80 bits per heavy atom. The Kier molecular flexibility index (Phi) is 4.72. The molecule has 3 aromatic rings. The van der Waals surface area contributed by atoms with E-state index in [9.17, 15) is 14.0 Å². The predicted octanol–water partition coefficient (Wildman–Crippen LogP) is 3.91. The van der Waals surface area contributed by atoms with Crippen LogP contribution in [-0.2, 0) is 4.79 Å². The third-order valence-corrected chi connectivity index (χ3v) is 3.73. The van der Waals surface area contributed by atoms with Gasteiger partial charge in [0.2, 0.25) is 0 Å². The van der Waals surface area contributed by atoms with Crippen LogP contribution in [0.1, 0.15) is 5.56 Å². The van der Waals surface area contributed by atoms with Gasteiger partial charge in [-0.15, -0.1) is 0 Å². The van der Waals surface area contributed by atoms with E-state index in [1.54, 1.807) is 19.1 Å². The molecule has 2 aromatic carbocycles. The standard InChI is InChI=1S/C18H13ClFNO4/c1-10-6-18(23)25-16-8-12(3-4-13(10)16)24-9-17(22)21-15-5-2-11(19)7-14(15)20/h2-8H,9H2,1H3,(H,21,22). The number of hydrogen-bond acceptors (Lipinski definition) is 4. The summed E-state index contributed by atoms with van der Waals surface area (Å²) in [6.07, 6.45) is 0. The maximum Gasteiger partial charge on any atom is 0.336 e. The van der Waals surface area contributed by atoms with Crippen molar-refractivity contribution in [1.82, 2.24) is 0 Å². The highest BCUT2D eigenvalue weighted by molar-refractivity contribution is 6.30. The number of aryl methyl sites for hydroxylation is 1. The largest absolute Gasteiger partial charge is 0.484 e. The first-order valence-electron chi connectivity index (χ1n) is 7.34. The molecule has 25 heavy (non-hydrogen) atoms. The van der Waals surface area contributed by atoms with Gasteiger partial charge in [0.1, 0.15) is 17.1 Å². The van der Waals surface area contributed by atoms with Crippen molar-refractivity contribution in [2.45, 2.75) is 6.92 Å². The summed E-state index contributed by atoms with van der Waals surface area (Å²) in [6, 6.07) is 10.3. The number of carbonyl (C=O) groups excluding carboxylic acids is 1. The SMILES string of the molecule is Cc1cc(=O)oc2cc(OCC(=O)Nc3ccc(Cl)cc3F)ccc12. The molecule has 0 spiro atoms. The zero-order valence-corrected chi connectivity index (χ0v) is 13.9. The Hall–Kier alpha value is -2.86. The minimum absolute atomic E-state index is 0.0122. The number of anilines is 1. The molecule has 0 atom stereocenters. The van der Waals surface area contributed by atoms with Gasteiger partial charge in [-0.05, 0) is 42.8 Å². The molecular formula is C18H13ClFNO4. The lowest BCUT2D eigenvalue weighted by molar-refractivity contribution is -0.118. The Morgan fingerprint density at radius 1 is 1.24 bits per heavy atom. The lowest BCUT2D eigenvalue weighted by Gasteiger charge is -2.09. The molecule has 1 aromatic heterocycles. The predicted molar refractivity (Wildman–Crippen MR) is 92.8 cm³/mol. The molecule has 3 rings (SSSR count). The maximum atomic E-state index is 13.6. The van der Waals surface area contributed by atoms with Gasteiger partial charge < -0.3 is 14.5 Å². The molecule has 7 heteroatoms. The second kappa shape index (κ2) is 6.94. The van der Waals surface area contributed by atoms with Crippen LogP contribution in [0.2, 0.25) is 5.02 Å². The lowest BCUT2D eigenvalue weighted by Crippen LogP contribution is -2.20. The highest BCUT2D eigenvalue weighted by Gasteiger charge is 2.09. The van der Waals surface area contributed by atoms with Crippen LogP contribution in [0.15, 0.2) is 51.7 Å². The Bertz CT molecular complexity index is 1020. The van der Waals surface area contributed by atoms with Crippen LogP contribution in [0, 0.1) is 12.7 Å². The van der Waals surface area contributed by atoms with Crippen LogP contribution in [-0.4, -0.2) is 12.5 Å². The van der Waals surface area contributed by atoms with Crippen molar-refractivity contribution < 1.29 is 18.3 Å². The van der Waals surface area contributed by atoms with Crippen LogP contribution >= 0.6 is 11.6 Å². The molecular weight excluding hydrogens is 349 g/mol. The van der Waals surface area contributed by atoms with E-state index in [2.05, 4.69) is 5.32 Å². The van der Waals surface area contributed by atoms with E-state index in [4.69, 9.17) is 20.8 Å². The van der Waals surface area contributed by atoms with E-state index in [1.165, 1.54) is 24.3 Å². The molecule has 0 saturated heterocycles. The number of hydrogen-bond donors (Lipinski definition) is 1. The van der Waals surface area contributed by atoms with E-state index >= 15 is 0 Å². The lowest BCUT2D eigenvalue weighted by atomic mass is 10.1. The summed E-state index contributed by atoms with van der Waals surface area (Å²) in [5.41, 5.74) is 0.705. The van der Waals surface area contributed by atoms with E-state index in [-0.39, 0.29) is 17.3 Å². The monoisotopic (exact) mass is 361 g/mol. The number of halogens is 2. The normalized spacial score (nSPS) is 10.7. The summed E-state index contributed by atoms with van der Waals surface area (Å²) < 4.78 is 24.1. The average molecular weight is 362 g/mol. The molecule has 0 radical (unpaired) electrons. The van der Waals surface area contributed by atoms with Gasteiger partial charge in [-0.25, -0.2) is 9.18 Å². The van der Waals surface area contributed by atoms with E-state index in [0.717, 1.165) is 17.0 Å². The third kappa shape index (κ3) is 3.97. The summed E-state index contributed by atoms with van der Waals surface area (Å²) in [4.78, 5) is 23.3. The van der Waals surface area contributed by atoms with E-state index in [1.807, 2.05) is 0 Å². The van der Waals surface area contributed by atoms with Crippen molar-refractivity contribution in [1.29, 1.82) is 0 Å². The number of carbonyl (C=O) groups is 1. The van der Waals surface area contributed by atoms with Crippen LogP contribution in [0.3, 0.4) is 0 Å². The van der Waals surface area contributed by atoms with Crippen LogP contribution in [0.25, 0.3) is 11.0 Å². The molecule has 0 aliphatic carbocycles. The van der Waals surface area contributed by atoms with Crippen molar-refractivity contribution in [3.63, 3.8) is 0 Å². The number of fused-ring (bicyclic) bond motifs is 1. The zero-order chi connectivity index (χ0) is 18.0. The first kappa shape index (κ1) is 17.0. The maximum absolute atomic E-state index is 13.6. The summed E-state index contributed by atoms with van der Waals surface area (Å²) in [7, 11) is 0. The number of rotatable bonds is 4. The van der Waals surface area contributed by atoms with Crippen molar-refractivity contribution in [3.05, 3.63) is 69.3 Å². The van der Waals surface area contributed by atoms with E-state index in [0.29, 0.717) is 11.3 Å². The summed E-state index contributed by atoms with van der Waals surface area (Å²) in [5, 5.41) is 3.41. The van der Waals surface area contributed by atoms with E-state index < -0.39 is 17.3 Å². The zero-order valence-electron chi connectivity index (χ0n) is 13.1. The summed E-state index contributed by atoms with van der Waals surface area (Å²) >= 11 is 5.66. The summed E-state index contributed by atoms with van der Waals surface area (Å²) in [5.74, 6) is -0.816. The molecule has 1 amide bonds. The van der Waals surface area contributed by atoms with Crippen molar-refractivity contribution in [2.24, 2.45) is 0 Å². The first-order chi connectivity index (χ1) is 11.9. The molecule has 1 heterocycles. The molecule has 0 saturated carbocycles. The van der Waals surface area contributed by atoms with Crippen LogP contribution in [0.4, 0.5) is 10.1 Å². The molecule has 0 unspecified atom stereocenters. The molecule has 1 N–H and O–H groups in total. The minimum atomic E-state index is -0.635. The molecule has 0 aliphatic heterocycles. The quantitative estimate of drug-likeness (QED) is 0.715. The van der Waals surface area contributed by atoms with Crippen LogP contribution in [0.5, 0.6) is 5.75 Å². The fourth-order valence-electron chi connectivity index (χ4n) is 2.32. The molecule has 128 valence electrons. The summed E-state index contributed by atoms with van der Waals surface area (Å²) in [6.45, 7) is 1.47. The smallest absolute Gasteiger partial charge is 0.336 e. The Labute approximate surface area is 147 Å². The molecule has 0 aliphatic rings. The number of ether oxygens (including phenoxy) is 1. The van der Waals surface area contributed by atoms with Gasteiger partial charge in [0.15, 0.2) is 6.61 Å². The fraction of sp³-hybridized carbons (Fsp3) is 0.111. The Balaban J connectivity index is 1.69. The van der Waals surface area contributed by atoms with Crippen molar-refractivity contribution in [2.75, 3.05) is 11.9 Å². The van der Waals surface area contributed by atoms with Gasteiger partial charge in [-0.3, -0.25) is 4.79 Å². The van der Waals surface area contributed by atoms with Gasteiger partial charge in [-0.1, -0.05) is 11.6 Å². The van der Waals surface area contributed by atoms with Crippen molar-refractivity contribution >= 4 is 34.2 Å². The Morgan fingerprint density at radius 2 is 2.04 bits per heavy atom. The first-order valence-corrected chi connectivity index (χ1v) is 7.72. The van der Waals surface area contributed by atoms with Gasteiger partial charge in [0, 0.05) is 22.5 Å². The molecule has 0 bridgehead atoms. The number of nitrogens with one attached hydrogen (secondary N) is 1. The molecule has 5 nitrogen and oxygen atoms in total. The van der Waals surface area contributed by atoms with Crippen molar-refractivity contribution in [3.8, 4) is 5.75 Å². The van der Waals surface area contributed by atoms with Gasteiger partial charge in [-0.2, -0.15) is 0 Å². The molecule has 0 fully saturated rings. The number of benzene rings is 2. The van der Waals surface area contributed by atoms with Gasteiger partial charge in [0.25, 0.3) is 5.91 Å². The van der Waals surface area contributed by atoms with Gasteiger partial charge in [0.05, 0.1) is 5.69 Å². The minimum Gasteiger partial charge on any atom is -0.484 e. The second-order valence-corrected chi connectivity index (χ2v) is 5.80. The second-order valence-electron chi connectivity index (χ2n) is 5.37. The van der Waals surface area contributed by atoms with Crippen LogP contribution < -0.4 is 15.7 Å². The fourth-order valence-corrected chi connectivity index (χ4v) is 2.48.